The fourth-order valence-electron chi connectivity index (χ4n) is 3.00. The number of hydrogen-bond acceptors (Lipinski definition) is 4. The minimum absolute atomic E-state index is 0.264. The van der Waals surface area contributed by atoms with Crippen LogP contribution in [0.2, 0.25) is 0 Å². The predicted octanol–water partition coefficient (Wildman–Crippen LogP) is 2.07. The van der Waals surface area contributed by atoms with E-state index in [-0.39, 0.29) is 5.82 Å². The van der Waals surface area contributed by atoms with E-state index >= 15 is 0 Å². The van der Waals surface area contributed by atoms with Gasteiger partial charge in [0.05, 0.1) is 12.7 Å². The van der Waals surface area contributed by atoms with Crippen LogP contribution in [0, 0.1) is 5.82 Å². The van der Waals surface area contributed by atoms with Crippen LogP contribution < -0.4 is 0 Å². The molecule has 3 unspecified atom stereocenters. The van der Waals surface area contributed by atoms with Gasteiger partial charge in [-0.25, -0.2) is 4.39 Å². The maximum atomic E-state index is 12.9. The van der Waals surface area contributed by atoms with Gasteiger partial charge in [-0.1, -0.05) is 12.1 Å². The van der Waals surface area contributed by atoms with E-state index < -0.39 is 6.10 Å². The first kappa shape index (κ1) is 14.3. The molecule has 3 rings (SSSR count). The van der Waals surface area contributed by atoms with Gasteiger partial charge >= 0.3 is 0 Å². The molecule has 0 radical (unpaired) electrons. The third kappa shape index (κ3) is 3.17. The molecule has 3 nitrogen and oxygen atoms in total. The second-order valence-electron chi connectivity index (χ2n) is 5.40. The van der Waals surface area contributed by atoms with Crippen LogP contribution in [0.4, 0.5) is 4.39 Å². The van der Waals surface area contributed by atoms with Gasteiger partial charge in [0.25, 0.3) is 0 Å². The van der Waals surface area contributed by atoms with Crippen LogP contribution in [0.15, 0.2) is 24.3 Å². The maximum Gasteiger partial charge on any atom is 0.123 e. The number of aliphatic hydroxyl groups excluding tert-OH is 1. The highest BCUT2D eigenvalue weighted by molar-refractivity contribution is 8.00. The monoisotopic (exact) mass is 297 g/mol. The van der Waals surface area contributed by atoms with Crippen LogP contribution in [-0.2, 0) is 4.74 Å². The van der Waals surface area contributed by atoms with Gasteiger partial charge in [-0.3, -0.25) is 4.90 Å². The van der Waals surface area contributed by atoms with E-state index in [1.54, 1.807) is 12.1 Å². The van der Waals surface area contributed by atoms with Crippen LogP contribution in [0.25, 0.3) is 0 Å². The highest BCUT2D eigenvalue weighted by Crippen LogP contribution is 2.31. The van der Waals surface area contributed by atoms with Crippen molar-refractivity contribution in [3.63, 3.8) is 0 Å². The number of fused-ring (bicyclic) bond motifs is 1. The molecule has 0 saturated carbocycles. The molecular formula is C15H20FNO2S. The van der Waals surface area contributed by atoms with Crippen molar-refractivity contribution in [3.05, 3.63) is 35.6 Å². The van der Waals surface area contributed by atoms with Gasteiger partial charge in [0.1, 0.15) is 5.82 Å². The average Bonchev–Trinajstić information content (AvgIpc) is 2.48. The molecule has 5 heteroatoms. The standard InChI is InChI=1S/C15H20FNO2S/c16-12-3-1-11(2-4-12)14(18)9-17-6-8-20-15-10-19-7-5-13(15)17/h1-4,13-15,18H,5-10H2. The third-order valence-corrected chi connectivity index (χ3v) is 5.41. The summed E-state index contributed by atoms with van der Waals surface area (Å²) in [6.07, 6.45) is 0.482. The molecular weight excluding hydrogens is 277 g/mol. The van der Waals surface area contributed by atoms with Gasteiger partial charge in [0.15, 0.2) is 0 Å². The quantitative estimate of drug-likeness (QED) is 0.926. The van der Waals surface area contributed by atoms with Crippen LogP contribution >= 0.6 is 11.8 Å². The Morgan fingerprint density at radius 3 is 3.00 bits per heavy atom. The number of rotatable bonds is 3. The zero-order valence-corrected chi connectivity index (χ0v) is 12.2. The van der Waals surface area contributed by atoms with E-state index in [1.807, 2.05) is 11.8 Å². The smallest absolute Gasteiger partial charge is 0.123 e. The van der Waals surface area contributed by atoms with Crippen molar-refractivity contribution in [2.75, 3.05) is 32.1 Å². The number of aliphatic hydroxyl groups is 1. The van der Waals surface area contributed by atoms with Crippen molar-refractivity contribution in [2.45, 2.75) is 23.8 Å². The molecule has 1 aromatic carbocycles. The number of thioether (sulfide) groups is 1. The van der Waals surface area contributed by atoms with Crippen molar-refractivity contribution in [3.8, 4) is 0 Å². The van der Waals surface area contributed by atoms with Crippen molar-refractivity contribution in [2.24, 2.45) is 0 Å². The molecule has 0 bridgehead atoms. The van der Waals surface area contributed by atoms with Gasteiger partial charge < -0.3 is 9.84 Å². The zero-order chi connectivity index (χ0) is 13.9. The fraction of sp³-hybridized carbons (Fsp3) is 0.600. The molecule has 3 atom stereocenters. The summed E-state index contributed by atoms with van der Waals surface area (Å²) in [5.74, 6) is 0.820. The Labute approximate surface area is 123 Å². The lowest BCUT2D eigenvalue weighted by atomic mass is 10.0. The first-order valence-corrected chi connectivity index (χ1v) is 8.16. The van der Waals surface area contributed by atoms with Gasteiger partial charge in [-0.05, 0) is 24.1 Å². The summed E-state index contributed by atoms with van der Waals surface area (Å²) >= 11 is 1.98. The fourth-order valence-corrected chi connectivity index (χ4v) is 4.37. The lowest BCUT2D eigenvalue weighted by Gasteiger charge is -2.44. The molecule has 2 aliphatic heterocycles. The van der Waals surface area contributed by atoms with E-state index in [2.05, 4.69) is 4.90 Å². The lowest BCUT2D eigenvalue weighted by molar-refractivity contribution is 0.0178. The van der Waals surface area contributed by atoms with Crippen LogP contribution in [0.3, 0.4) is 0 Å². The average molecular weight is 297 g/mol. The van der Waals surface area contributed by atoms with Crippen molar-refractivity contribution < 1.29 is 14.2 Å². The largest absolute Gasteiger partial charge is 0.387 e. The van der Waals surface area contributed by atoms with Gasteiger partial charge in [-0.15, -0.1) is 0 Å². The van der Waals surface area contributed by atoms with Gasteiger partial charge in [-0.2, -0.15) is 11.8 Å². The van der Waals surface area contributed by atoms with Crippen LogP contribution in [0.5, 0.6) is 0 Å². The molecule has 0 amide bonds. The summed E-state index contributed by atoms with van der Waals surface area (Å²) in [5, 5.41) is 10.9. The second-order valence-corrected chi connectivity index (χ2v) is 6.75. The van der Waals surface area contributed by atoms with Crippen LogP contribution in [0.1, 0.15) is 18.1 Å². The summed E-state index contributed by atoms with van der Waals surface area (Å²) < 4.78 is 18.5. The molecule has 110 valence electrons. The molecule has 2 saturated heterocycles. The molecule has 2 fully saturated rings. The Morgan fingerprint density at radius 1 is 1.40 bits per heavy atom. The molecule has 0 aliphatic carbocycles. The molecule has 1 aromatic rings. The van der Waals surface area contributed by atoms with Crippen LogP contribution in [-0.4, -0.2) is 53.4 Å². The third-order valence-electron chi connectivity index (χ3n) is 4.11. The Balaban J connectivity index is 1.65. The molecule has 0 spiro atoms. The summed E-state index contributed by atoms with van der Waals surface area (Å²) in [5.41, 5.74) is 0.785. The highest BCUT2D eigenvalue weighted by Gasteiger charge is 2.35. The van der Waals surface area contributed by atoms with E-state index in [0.29, 0.717) is 17.8 Å². The zero-order valence-electron chi connectivity index (χ0n) is 11.4. The van der Waals surface area contributed by atoms with Gasteiger partial charge in [0, 0.05) is 36.7 Å². The summed E-state index contributed by atoms with van der Waals surface area (Å²) in [7, 11) is 0. The predicted molar refractivity (Wildman–Crippen MR) is 78.4 cm³/mol. The highest BCUT2D eigenvalue weighted by atomic mass is 32.2. The van der Waals surface area contributed by atoms with E-state index in [4.69, 9.17) is 4.74 Å². The van der Waals surface area contributed by atoms with E-state index in [1.165, 1.54) is 12.1 Å². The SMILES string of the molecule is OC(CN1CCSC2COCCC21)c1ccc(F)cc1. The number of benzene rings is 1. The first-order valence-electron chi connectivity index (χ1n) is 7.11. The molecule has 0 aromatic heterocycles. The molecule has 2 aliphatic rings. The minimum atomic E-state index is -0.554. The second kappa shape index (κ2) is 6.43. The number of ether oxygens (including phenoxy) is 1. The summed E-state index contributed by atoms with van der Waals surface area (Å²) in [4.78, 5) is 2.37. The number of halogens is 1. The first-order chi connectivity index (χ1) is 9.74. The number of hydrogen-bond donors (Lipinski definition) is 1. The van der Waals surface area contributed by atoms with E-state index in [9.17, 15) is 9.50 Å². The topological polar surface area (TPSA) is 32.7 Å². The maximum absolute atomic E-state index is 12.9. The minimum Gasteiger partial charge on any atom is -0.387 e. The Kier molecular flexibility index (Phi) is 4.61. The van der Waals surface area contributed by atoms with E-state index in [0.717, 1.165) is 37.5 Å². The Bertz CT molecular complexity index is 440. The Hall–Kier alpha value is -0.620. The summed E-state index contributed by atoms with van der Waals surface area (Å²) in [6, 6.07) is 6.64. The molecule has 2 heterocycles. The van der Waals surface area contributed by atoms with Crippen molar-refractivity contribution in [1.29, 1.82) is 0 Å². The summed E-state index contributed by atoms with van der Waals surface area (Å²) in [6.45, 7) is 3.25. The lowest BCUT2D eigenvalue weighted by Crippen LogP contribution is -2.52. The number of β-amino-alcohol motifs (C(OH)–C–C–N with tert-alkyl or cyclic N) is 1. The molecule has 20 heavy (non-hydrogen) atoms. The number of nitrogens with zero attached hydrogens (tertiary/aromatic N) is 1. The normalized spacial score (nSPS) is 28.9. The van der Waals surface area contributed by atoms with Crippen molar-refractivity contribution in [1.82, 2.24) is 4.90 Å². The van der Waals surface area contributed by atoms with Gasteiger partial charge in [0.2, 0.25) is 0 Å². The van der Waals surface area contributed by atoms with Crippen molar-refractivity contribution >= 4 is 11.8 Å². The molecule has 1 N–H and O–H groups in total. The Morgan fingerprint density at radius 2 is 2.20 bits per heavy atom.